The fraction of sp³-hybridized carbons (Fsp3) is 0.500. The number of carbonyl (C=O) groups is 3. The lowest BCUT2D eigenvalue weighted by Gasteiger charge is -2.35. The lowest BCUT2D eigenvalue weighted by atomic mass is 9.85. The Balaban J connectivity index is 0.750. The van der Waals surface area contributed by atoms with Crippen molar-refractivity contribution in [2.45, 2.75) is 72.2 Å². The molecule has 0 aliphatic carbocycles. The third-order valence-corrected chi connectivity index (χ3v) is 12.6. The zero-order valence-corrected chi connectivity index (χ0v) is 42.5. The number of aryl methyl sites for hydroxylation is 2. The number of rotatable bonds is 29. The van der Waals surface area contributed by atoms with E-state index in [1.165, 1.54) is 4.90 Å². The number of nitrogens with one attached hydrogen (secondary N) is 3. The molecule has 0 saturated carbocycles. The van der Waals surface area contributed by atoms with Gasteiger partial charge in [0, 0.05) is 54.3 Å². The summed E-state index contributed by atoms with van der Waals surface area (Å²) in [5, 5.41) is 21.9. The molecule has 18 nitrogen and oxygen atoms in total. The molecule has 1 fully saturated rings. The number of ether oxygens (including phenoxy) is 7. The van der Waals surface area contributed by atoms with Gasteiger partial charge >= 0.3 is 0 Å². The number of amides is 3. The quantitative estimate of drug-likeness (QED) is 0.0407. The van der Waals surface area contributed by atoms with E-state index in [1.807, 2.05) is 102 Å². The van der Waals surface area contributed by atoms with Gasteiger partial charge in [0.1, 0.15) is 36.9 Å². The number of anilines is 2. The first kappa shape index (κ1) is 54.7. The molecule has 0 unspecified atom stereocenters. The Bertz CT molecular complexity index is 2450. The molecular formula is C52H69N7O11S. The van der Waals surface area contributed by atoms with Gasteiger partial charge in [0.2, 0.25) is 17.7 Å². The van der Waals surface area contributed by atoms with E-state index in [4.69, 9.17) is 33.2 Å². The number of β-amino-alcohol motifs (C(OH)–C–C–N with tert-alkyl or cyclic N) is 1. The van der Waals surface area contributed by atoms with Gasteiger partial charge < -0.3 is 59.1 Å². The number of aliphatic hydroxyl groups is 1. The number of aliphatic hydroxyl groups excluding tert-OH is 1. The minimum atomic E-state index is -0.968. The number of nitrogens with zero attached hydrogens (tertiary/aromatic N) is 4. The molecule has 5 aromatic rings. The highest BCUT2D eigenvalue weighted by atomic mass is 32.1. The van der Waals surface area contributed by atoms with Crippen molar-refractivity contribution in [3.8, 4) is 16.2 Å². The van der Waals surface area contributed by atoms with Crippen LogP contribution in [0.2, 0.25) is 0 Å². The summed E-state index contributed by atoms with van der Waals surface area (Å²) in [6.45, 7) is 15.4. The molecule has 384 valence electrons. The van der Waals surface area contributed by atoms with Crippen molar-refractivity contribution >= 4 is 51.3 Å². The number of benzene rings is 2. The molecule has 6 rings (SSSR count). The summed E-state index contributed by atoms with van der Waals surface area (Å²) in [6, 6.07) is 15.6. The van der Waals surface area contributed by atoms with Crippen molar-refractivity contribution in [2.24, 2.45) is 5.41 Å². The molecular weight excluding hydrogens is 931 g/mol. The number of thiazole rings is 1. The smallest absolute Gasteiger partial charge is 0.246 e. The van der Waals surface area contributed by atoms with Crippen molar-refractivity contribution in [1.29, 1.82) is 0 Å². The van der Waals surface area contributed by atoms with E-state index in [-0.39, 0.29) is 44.7 Å². The molecule has 4 N–H and O–H groups in total. The number of aromatic nitrogens is 3. The molecule has 3 amide bonds. The first-order valence-electron chi connectivity index (χ1n) is 24.0. The van der Waals surface area contributed by atoms with E-state index in [9.17, 15) is 19.5 Å². The predicted octanol–water partition coefficient (Wildman–Crippen LogP) is 5.96. The largest absolute Gasteiger partial charge is 0.491 e. The number of pyridine rings is 2. The van der Waals surface area contributed by atoms with Gasteiger partial charge in [-0.05, 0) is 60.9 Å². The standard InChI is InChI=1S/C52H69N7O11S/c1-35-30-54-46(57-42-12-11-41-31-53-14-13-40(41)27-42)29-45(35)70-26-25-68-22-21-66-18-17-64-15-16-65-19-20-67-23-24-69-33-47(61)58-49(52(4,5)6)51(63)59-32-43(60)28-44(59)50(62)56-36(2)38-7-9-39(10-8-38)48-37(3)55-34-71-48/h7-14,27,29-31,34,36,43-44,49,60H,15-26,28,32-33H2,1-6H3,(H,54,57)(H,56,62)(H,58,61)/t36-,43+,44-,49+/m0/s1. The second kappa shape index (κ2) is 27.8. The van der Waals surface area contributed by atoms with Crippen LogP contribution in [0.3, 0.4) is 0 Å². The maximum Gasteiger partial charge on any atom is 0.246 e. The Hall–Kier alpha value is -5.64. The Morgan fingerprint density at radius 3 is 2.03 bits per heavy atom. The molecule has 19 heteroatoms. The molecule has 0 radical (unpaired) electrons. The number of likely N-dealkylation sites (tertiary alicyclic amines) is 1. The Morgan fingerprint density at radius 2 is 1.41 bits per heavy atom. The van der Waals surface area contributed by atoms with Crippen LogP contribution in [0.5, 0.6) is 5.75 Å². The maximum absolute atomic E-state index is 14.0. The van der Waals surface area contributed by atoms with Crippen LogP contribution in [0.15, 0.2) is 78.7 Å². The van der Waals surface area contributed by atoms with Crippen LogP contribution in [-0.4, -0.2) is 153 Å². The summed E-state index contributed by atoms with van der Waals surface area (Å²) < 4.78 is 39.4. The Kier molecular flexibility index (Phi) is 21.4. The van der Waals surface area contributed by atoms with Gasteiger partial charge in [-0.3, -0.25) is 19.4 Å². The van der Waals surface area contributed by atoms with Crippen LogP contribution in [0.25, 0.3) is 21.2 Å². The van der Waals surface area contributed by atoms with Crippen molar-refractivity contribution in [3.63, 3.8) is 0 Å². The summed E-state index contributed by atoms with van der Waals surface area (Å²) in [7, 11) is 0. The lowest BCUT2D eigenvalue weighted by molar-refractivity contribution is -0.144. The van der Waals surface area contributed by atoms with Crippen molar-refractivity contribution in [1.82, 2.24) is 30.5 Å². The van der Waals surface area contributed by atoms with Gasteiger partial charge in [0.05, 0.1) is 101 Å². The molecule has 3 aromatic heterocycles. The summed E-state index contributed by atoms with van der Waals surface area (Å²) in [5.74, 6) is 0.125. The van der Waals surface area contributed by atoms with Crippen LogP contribution < -0.4 is 20.7 Å². The van der Waals surface area contributed by atoms with Crippen LogP contribution in [0, 0.1) is 19.3 Å². The van der Waals surface area contributed by atoms with E-state index in [0.717, 1.165) is 49.5 Å². The molecule has 1 saturated heterocycles. The normalized spacial score (nSPS) is 15.7. The fourth-order valence-electron chi connectivity index (χ4n) is 7.73. The van der Waals surface area contributed by atoms with Crippen LogP contribution in [0.4, 0.5) is 11.5 Å². The molecule has 1 aliphatic rings. The van der Waals surface area contributed by atoms with Crippen molar-refractivity contribution in [2.75, 3.05) is 97.8 Å². The van der Waals surface area contributed by atoms with E-state index >= 15 is 0 Å². The van der Waals surface area contributed by atoms with Crippen LogP contribution in [-0.2, 0) is 42.8 Å². The van der Waals surface area contributed by atoms with E-state index in [0.29, 0.717) is 71.9 Å². The SMILES string of the molecule is Cc1cnc(Nc2ccc3cnccc3c2)cc1OCCOCCOCCOCCOCCOCCOCC(=O)N[C@H](C(=O)N1C[C@H](O)C[C@H]1C(=O)N[C@@H](C)c1ccc(-c2scnc2C)cc1)C(C)(C)C. The van der Waals surface area contributed by atoms with Gasteiger partial charge in [-0.25, -0.2) is 9.97 Å². The lowest BCUT2D eigenvalue weighted by Crippen LogP contribution is -2.58. The number of fused-ring (bicyclic) bond motifs is 1. The maximum atomic E-state index is 14.0. The van der Waals surface area contributed by atoms with Gasteiger partial charge in [-0.1, -0.05) is 51.1 Å². The first-order valence-corrected chi connectivity index (χ1v) is 24.9. The Labute approximate surface area is 420 Å². The zero-order valence-electron chi connectivity index (χ0n) is 41.6. The molecule has 1 aliphatic heterocycles. The summed E-state index contributed by atoms with van der Waals surface area (Å²) in [4.78, 5) is 56.0. The number of hydrogen-bond acceptors (Lipinski definition) is 16. The van der Waals surface area contributed by atoms with Gasteiger partial charge in [-0.15, -0.1) is 11.3 Å². The highest BCUT2D eigenvalue weighted by Crippen LogP contribution is 2.30. The van der Waals surface area contributed by atoms with Gasteiger partial charge in [-0.2, -0.15) is 0 Å². The van der Waals surface area contributed by atoms with E-state index in [2.05, 4.69) is 37.0 Å². The highest BCUT2D eigenvalue weighted by molar-refractivity contribution is 7.13. The van der Waals surface area contributed by atoms with E-state index in [1.54, 1.807) is 23.7 Å². The second-order valence-corrected chi connectivity index (χ2v) is 19.1. The molecule has 0 bridgehead atoms. The number of hydrogen-bond donors (Lipinski definition) is 4. The fourth-order valence-corrected chi connectivity index (χ4v) is 8.54. The van der Waals surface area contributed by atoms with Crippen LogP contribution in [0.1, 0.15) is 57.0 Å². The van der Waals surface area contributed by atoms with E-state index < -0.39 is 35.4 Å². The van der Waals surface area contributed by atoms with Gasteiger partial charge in [0.15, 0.2) is 0 Å². The molecule has 4 heterocycles. The van der Waals surface area contributed by atoms with Crippen molar-refractivity contribution in [3.05, 3.63) is 95.5 Å². The minimum Gasteiger partial charge on any atom is -0.491 e. The molecule has 71 heavy (non-hydrogen) atoms. The highest BCUT2D eigenvalue weighted by Gasteiger charge is 2.44. The summed E-state index contributed by atoms with van der Waals surface area (Å²) >= 11 is 1.57. The van der Waals surface area contributed by atoms with Crippen LogP contribution >= 0.6 is 11.3 Å². The number of carbonyl (C=O) groups excluding carboxylic acids is 3. The molecule has 2 aromatic carbocycles. The molecule has 0 spiro atoms. The second-order valence-electron chi connectivity index (χ2n) is 18.2. The van der Waals surface area contributed by atoms with Crippen molar-refractivity contribution < 1.29 is 52.6 Å². The first-order chi connectivity index (χ1) is 34.3. The third kappa shape index (κ3) is 17.3. The zero-order chi connectivity index (χ0) is 50.6. The third-order valence-electron chi connectivity index (χ3n) is 11.6. The summed E-state index contributed by atoms with van der Waals surface area (Å²) in [6.07, 6.45) is 4.60. The summed E-state index contributed by atoms with van der Waals surface area (Å²) in [5.41, 5.74) is 5.88. The monoisotopic (exact) mass is 999 g/mol. The average Bonchev–Trinajstić information content (AvgIpc) is 3.97. The molecule has 4 atom stereocenters. The predicted molar refractivity (Wildman–Crippen MR) is 271 cm³/mol. The Morgan fingerprint density at radius 1 is 0.775 bits per heavy atom. The minimum absolute atomic E-state index is 0.0201. The average molecular weight is 1000 g/mol. The topological polar surface area (TPSA) is 214 Å². The van der Waals surface area contributed by atoms with Gasteiger partial charge in [0.25, 0.3) is 0 Å².